The highest BCUT2D eigenvalue weighted by molar-refractivity contribution is 6.00. The van der Waals surface area contributed by atoms with Gasteiger partial charge in [0.15, 0.2) is 11.4 Å². The summed E-state index contributed by atoms with van der Waals surface area (Å²) in [5, 5.41) is 3.04. The number of benzene rings is 1. The zero-order valence-electron chi connectivity index (χ0n) is 11.3. The van der Waals surface area contributed by atoms with Crippen molar-refractivity contribution in [3.63, 3.8) is 0 Å². The molecule has 0 aliphatic rings. The number of carbonyl (C=O) groups is 1. The first-order valence-corrected chi connectivity index (χ1v) is 6.34. The molecule has 0 spiro atoms. The van der Waals surface area contributed by atoms with Crippen LogP contribution in [0.4, 0.5) is 0 Å². The number of H-pyrrole nitrogens is 1. The fourth-order valence-electron chi connectivity index (χ4n) is 2.16. The van der Waals surface area contributed by atoms with Crippen molar-refractivity contribution >= 4 is 16.9 Å². The van der Waals surface area contributed by atoms with Crippen molar-refractivity contribution in [2.24, 2.45) is 11.8 Å². The fourth-order valence-corrected chi connectivity index (χ4v) is 2.16. The molecule has 5 nitrogen and oxygen atoms in total. The van der Waals surface area contributed by atoms with Gasteiger partial charge in [0.25, 0.3) is 0 Å². The van der Waals surface area contributed by atoms with Crippen LogP contribution in [0.15, 0.2) is 27.4 Å². The standard InChI is InChI=1S/C14H18N2O3/c1-8(2)10(7-15-3)13(17)9-4-5-11-12(6-9)19-14(18)16-11/h4-6,8,10,15H,7H2,1-3H3,(H,16,18). The van der Waals surface area contributed by atoms with Crippen molar-refractivity contribution in [1.29, 1.82) is 0 Å². The van der Waals surface area contributed by atoms with Crippen molar-refractivity contribution in [3.8, 4) is 0 Å². The molecule has 0 fully saturated rings. The second-order valence-corrected chi connectivity index (χ2v) is 5.00. The molecular formula is C14H18N2O3. The zero-order chi connectivity index (χ0) is 14.0. The third-order valence-electron chi connectivity index (χ3n) is 3.27. The van der Waals surface area contributed by atoms with E-state index < -0.39 is 5.76 Å². The third-order valence-corrected chi connectivity index (χ3v) is 3.27. The Balaban J connectivity index is 2.36. The maximum Gasteiger partial charge on any atom is 0.417 e. The topological polar surface area (TPSA) is 75.1 Å². The smallest absolute Gasteiger partial charge is 0.408 e. The Morgan fingerprint density at radius 2 is 2.16 bits per heavy atom. The van der Waals surface area contributed by atoms with Gasteiger partial charge in [0.1, 0.15) is 0 Å². The lowest BCUT2D eigenvalue weighted by Gasteiger charge is -2.19. The predicted octanol–water partition coefficient (Wildman–Crippen LogP) is 1.80. The average molecular weight is 262 g/mol. The van der Waals surface area contributed by atoms with Crippen molar-refractivity contribution in [2.45, 2.75) is 13.8 Å². The zero-order valence-corrected chi connectivity index (χ0v) is 11.3. The number of ketones is 1. The highest BCUT2D eigenvalue weighted by atomic mass is 16.4. The first-order chi connectivity index (χ1) is 9.02. The van der Waals surface area contributed by atoms with Crippen LogP contribution in [0.1, 0.15) is 24.2 Å². The highest BCUT2D eigenvalue weighted by Crippen LogP contribution is 2.20. The summed E-state index contributed by atoms with van der Waals surface area (Å²) in [7, 11) is 1.83. The Kier molecular flexibility index (Phi) is 3.85. The van der Waals surface area contributed by atoms with E-state index in [1.807, 2.05) is 20.9 Å². The molecule has 2 rings (SSSR count). The minimum Gasteiger partial charge on any atom is -0.408 e. The maximum atomic E-state index is 12.5. The summed E-state index contributed by atoms with van der Waals surface area (Å²) in [6.07, 6.45) is 0. The van der Waals surface area contributed by atoms with Crippen LogP contribution in [0.25, 0.3) is 11.1 Å². The molecule has 1 atom stereocenters. The summed E-state index contributed by atoms with van der Waals surface area (Å²) in [5.41, 5.74) is 1.60. The molecule has 5 heteroatoms. The van der Waals surface area contributed by atoms with Crippen LogP contribution in [0.3, 0.4) is 0 Å². The second-order valence-electron chi connectivity index (χ2n) is 5.00. The van der Waals surface area contributed by atoms with Gasteiger partial charge in [-0.05, 0) is 31.2 Å². The Bertz CT molecular complexity index is 639. The van der Waals surface area contributed by atoms with Gasteiger partial charge in [-0.15, -0.1) is 0 Å². The number of carbonyl (C=O) groups excluding carboxylic acids is 1. The highest BCUT2D eigenvalue weighted by Gasteiger charge is 2.23. The molecular weight excluding hydrogens is 244 g/mol. The van der Waals surface area contributed by atoms with E-state index in [0.29, 0.717) is 23.2 Å². The number of hydrogen-bond acceptors (Lipinski definition) is 4. The number of nitrogens with one attached hydrogen (secondary N) is 2. The number of hydrogen-bond donors (Lipinski definition) is 2. The van der Waals surface area contributed by atoms with Gasteiger partial charge in [0, 0.05) is 18.0 Å². The van der Waals surface area contributed by atoms with Gasteiger partial charge in [0.2, 0.25) is 0 Å². The number of aromatic amines is 1. The summed E-state index contributed by atoms with van der Waals surface area (Å²) in [4.78, 5) is 26.1. The van der Waals surface area contributed by atoms with Crippen LogP contribution in [-0.2, 0) is 0 Å². The summed E-state index contributed by atoms with van der Waals surface area (Å²) >= 11 is 0. The molecule has 0 saturated carbocycles. The van der Waals surface area contributed by atoms with E-state index in [1.165, 1.54) is 0 Å². The van der Waals surface area contributed by atoms with Crippen molar-refractivity contribution in [1.82, 2.24) is 10.3 Å². The first-order valence-electron chi connectivity index (χ1n) is 6.34. The maximum absolute atomic E-state index is 12.5. The third kappa shape index (κ3) is 2.76. The second kappa shape index (κ2) is 5.40. The molecule has 2 N–H and O–H groups in total. The molecule has 1 unspecified atom stereocenters. The molecule has 0 saturated heterocycles. The molecule has 0 aliphatic carbocycles. The predicted molar refractivity (Wildman–Crippen MR) is 73.4 cm³/mol. The minimum atomic E-state index is -0.504. The van der Waals surface area contributed by atoms with Crippen LogP contribution in [0.2, 0.25) is 0 Å². The molecule has 0 radical (unpaired) electrons. The number of aromatic nitrogens is 1. The molecule has 1 heterocycles. The van der Waals surface area contributed by atoms with E-state index in [-0.39, 0.29) is 17.6 Å². The van der Waals surface area contributed by atoms with Gasteiger partial charge in [-0.1, -0.05) is 13.8 Å². The molecule has 0 aliphatic heterocycles. The fraction of sp³-hybridized carbons (Fsp3) is 0.429. The number of Topliss-reactive ketones (excluding diaryl/α,β-unsaturated/α-hetero) is 1. The Labute approximate surface area is 111 Å². The van der Waals surface area contributed by atoms with Gasteiger partial charge < -0.3 is 9.73 Å². The van der Waals surface area contributed by atoms with E-state index in [1.54, 1.807) is 18.2 Å². The van der Waals surface area contributed by atoms with Gasteiger partial charge >= 0.3 is 5.76 Å². The van der Waals surface area contributed by atoms with E-state index in [0.717, 1.165) is 0 Å². The number of fused-ring (bicyclic) bond motifs is 1. The van der Waals surface area contributed by atoms with Crippen molar-refractivity contribution < 1.29 is 9.21 Å². The minimum absolute atomic E-state index is 0.0649. The average Bonchev–Trinajstić information content (AvgIpc) is 2.73. The van der Waals surface area contributed by atoms with Gasteiger partial charge in [-0.2, -0.15) is 0 Å². The monoisotopic (exact) mass is 262 g/mol. The molecule has 1 aromatic heterocycles. The lowest BCUT2D eigenvalue weighted by Crippen LogP contribution is -2.30. The van der Waals surface area contributed by atoms with Crippen molar-refractivity contribution in [2.75, 3.05) is 13.6 Å². The largest absolute Gasteiger partial charge is 0.417 e. The summed E-state index contributed by atoms with van der Waals surface area (Å²) in [5.74, 6) is -0.285. The Hall–Kier alpha value is -1.88. The summed E-state index contributed by atoms with van der Waals surface area (Å²) in [6.45, 7) is 4.68. The van der Waals surface area contributed by atoms with Gasteiger partial charge in [-0.25, -0.2) is 4.79 Å². The quantitative estimate of drug-likeness (QED) is 0.806. The first kappa shape index (κ1) is 13.5. The van der Waals surface area contributed by atoms with Crippen LogP contribution >= 0.6 is 0 Å². The van der Waals surface area contributed by atoms with E-state index >= 15 is 0 Å². The SMILES string of the molecule is CNCC(C(=O)c1ccc2[nH]c(=O)oc2c1)C(C)C. The normalized spacial score (nSPS) is 13.1. The number of rotatable bonds is 5. The molecule has 1 aromatic carbocycles. The molecule has 0 bridgehead atoms. The van der Waals surface area contributed by atoms with Gasteiger partial charge in [-0.3, -0.25) is 9.78 Å². The van der Waals surface area contributed by atoms with E-state index in [2.05, 4.69) is 10.3 Å². The Morgan fingerprint density at radius 1 is 1.42 bits per heavy atom. The summed E-state index contributed by atoms with van der Waals surface area (Å²) in [6, 6.07) is 5.05. The molecule has 102 valence electrons. The van der Waals surface area contributed by atoms with Gasteiger partial charge in [0.05, 0.1) is 5.52 Å². The molecule has 19 heavy (non-hydrogen) atoms. The Morgan fingerprint density at radius 3 is 2.79 bits per heavy atom. The summed E-state index contributed by atoms with van der Waals surface area (Å²) < 4.78 is 4.98. The lowest BCUT2D eigenvalue weighted by molar-refractivity contribution is 0.0886. The lowest BCUT2D eigenvalue weighted by atomic mass is 9.88. The number of oxazole rings is 1. The van der Waals surface area contributed by atoms with E-state index in [9.17, 15) is 9.59 Å². The molecule has 0 amide bonds. The van der Waals surface area contributed by atoms with Crippen LogP contribution < -0.4 is 11.1 Å². The van der Waals surface area contributed by atoms with Crippen molar-refractivity contribution in [3.05, 3.63) is 34.3 Å². The molecule has 2 aromatic rings. The van der Waals surface area contributed by atoms with E-state index in [4.69, 9.17) is 4.42 Å². The van der Waals surface area contributed by atoms with Crippen LogP contribution in [-0.4, -0.2) is 24.4 Å². The van der Waals surface area contributed by atoms with Crippen LogP contribution in [0.5, 0.6) is 0 Å². The van der Waals surface area contributed by atoms with Crippen LogP contribution in [0, 0.1) is 11.8 Å².